The Balaban J connectivity index is 1.42. The van der Waals surface area contributed by atoms with E-state index in [1.54, 1.807) is 12.1 Å². The summed E-state index contributed by atoms with van der Waals surface area (Å²) in [4.78, 5) is 25.9. The van der Waals surface area contributed by atoms with Gasteiger partial charge in [0.2, 0.25) is 0 Å². The highest BCUT2D eigenvalue weighted by Gasteiger charge is 2.43. The average molecular weight is 551 g/mol. The third-order valence-corrected chi connectivity index (χ3v) is 7.22. The van der Waals surface area contributed by atoms with Crippen molar-refractivity contribution >= 4 is 46.9 Å². The van der Waals surface area contributed by atoms with Crippen LogP contribution in [-0.2, 0) is 9.53 Å². The molecule has 0 saturated heterocycles. The molecule has 1 aliphatic carbocycles. The van der Waals surface area contributed by atoms with Crippen LogP contribution in [0.4, 0.5) is 0 Å². The van der Waals surface area contributed by atoms with Gasteiger partial charge in [-0.2, -0.15) is 5.10 Å². The largest absolute Gasteiger partial charge is 0.504 e. The molecular formula is C29H24Cl2N2O5. The smallest absolute Gasteiger partial charge is 0.338 e. The molecule has 1 amide bonds. The number of halogens is 2. The van der Waals surface area contributed by atoms with Crippen molar-refractivity contribution in [2.24, 2.45) is 11.0 Å². The van der Waals surface area contributed by atoms with Gasteiger partial charge in [0, 0.05) is 16.0 Å². The highest BCUT2D eigenvalue weighted by Crippen LogP contribution is 2.44. The highest BCUT2D eigenvalue weighted by atomic mass is 35.5. The number of allylic oxidation sites excluding steroid dienone is 1. The number of phenolic OH excluding ortho intramolecular Hbond substituents is 2. The van der Waals surface area contributed by atoms with Gasteiger partial charge in [0.25, 0.3) is 5.91 Å². The Kier molecular flexibility index (Phi) is 7.40. The fraction of sp³-hybridized carbons (Fsp3) is 0.207. The van der Waals surface area contributed by atoms with Crippen molar-refractivity contribution in [1.82, 2.24) is 5.01 Å². The van der Waals surface area contributed by atoms with Crippen LogP contribution in [-0.4, -0.2) is 39.4 Å². The van der Waals surface area contributed by atoms with Gasteiger partial charge in [0.1, 0.15) is 0 Å². The summed E-state index contributed by atoms with van der Waals surface area (Å²) in [5, 5.41) is 26.6. The van der Waals surface area contributed by atoms with Crippen molar-refractivity contribution in [3.8, 4) is 11.5 Å². The first-order chi connectivity index (χ1) is 18.3. The minimum Gasteiger partial charge on any atom is -0.504 e. The molecule has 1 heterocycles. The van der Waals surface area contributed by atoms with Crippen LogP contribution >= 0.6 is 23.2 Å². The molecule has 3 aromatic carbocycles. The molecule has 2 N–H and O–H groups in total. The minimum absolute atomic E-state index is 0.0111. The molecule has 2 unspecified atom stereocenters. The number of phenols is 2. The molecule has 2 aliphatic rings. The lowest BCUT2D eigenvalue weighted by molar-refractivity contribution is -0.137. The standard InChI is InChI=1S/C29H24Cl2N2O5/c30-21-9-4-17(5-10-21)14-19-2-1-3-23-27(19)32-33(28(23)18-6-11-22(31)12-7-18)26(36)16-38-29(37)20-8-13-24(34)25(35)15-20/h4-15,23,28,34-35H,1-3,16H2. The number of carbonyl (C=O) groups excluding carboxylic acids is 2. The number of hydrogen-bond acceptors (Lipinski definition) is 6. The topological polar surface area (TPSA) is 99.4 Å². The number of carbonyl (C=O) groups is 2. The van der Waals surface area contributed by atoms with E-state index in [1.165, 1.54) is 17.1 Å². The SMILES string of the molecule is O=C(OCC(=O)N1N=C2C(=Cc3ccc(Cl)cc3)CCCC2C1c1ccc(Cl)cc1)c1ccc(O)c(O)c1. The fourth-order valence-corrected chi connectivity index (χ4v) is 5.14. The van der Waals surface area contributed by atoms with Gasteiger partial charge in [-0.25, -0.2) is 9.80 Å². The quantitative estimate of drug-likeness (QED) is 0.283. The van der Waals surface area contributed by atoms with Crippen LogP contribution in [0.3, 0.4) is 0 Å². The molecule has 0 bridgehead atoms. The maximum absolute atomic E-state index is 13.4. The summed E-state index contributed by atoms with van der Waals surface area (Å²) in [6, 6.07) is 18.1. The monoisotopic (exact) mass is 550 g/mol. The van der Waals surface area contributed by atoms with E-state index in [1.807, 2.05) is 36.4 Å². The average Bonchev–Trinajstić information content (AvgIpc) is 3.31. The Morgan fingerprint density at radius 1 is 0.974 bits per heavy atom. The van der Waals surface area contributed by atoms with E-state index in [9.17, 15) is 19.8 Å². The molecular weight excluding hydrogens is 527 g/mol. The van der Waals surface area contributed by atoms with Crippen molar-refractivity contribution in [3.05, 3.63) is 99.0 Å². The second-order valence-corrected chi connectivity index (χ2v) is 10.1. The van der Waals surface area contributed by atoms with Gasteiger partial charge in [-0.05, 0) is 84.5 Å². The van der Waals surface area contributed by atoms with Gasteiger partial charge in [-0.15, -0.1) is 0 Å². The molecule has 3 aromatic rings. The summed E-state index contributed by atoms with van der Waals surface area (Å²) in [5.41, 5.74) is 3.78. The first-order valence-electron chi connectivity index (χ1n) is 12.1. The highest BCUT2D eigenvalue weighted by molar-refractivity contribution is 6.30. The zero-order chi connectivity index (χ0) is 26.8. The van der Waals surface area contributed by atoms with E-state index in [0.717, 1.165) is 47.7 Å². The Bertz CT molecular complexity index is 1430. The van der Waals surface area contributed by atoms with Crippen molar-refractivity contribution in [3.63, 3.8) is 0 Å². The van der Waals surface area contributed by atoms with Crippen molar-refractivity contribution in [2.75, 3.05) is 6.61 Å². The third kappa shape index (κ3) is 5.39. The maximum Gasteiger partial charge on any atom is 0.338 e. The molecule has 1 fully saturated rings. The summed E-state index contributed by atoms with van der Waals surface area (Å²) in [6.45, 7) is -0.537. The van der Waals surface area contributed by atoms with Crippen molar-refractivity contribution in [1.29, 1.82) is 0 Å². The Morgan fingerprint density at radius 3 is 2.34 bits per heavy atom. The molecule has 2 atom stereocenters. The number of amides is 1. The Hall–Kier alpha value is -3.81. The van der Waals surface area contributed by atoms with E-state index in [0.29, 0.717) is 10.0 Å². The van der Waals surface area contributed by atoms with Gasteiger partial charge in [0.05, 0.1) is 17.3 Å². The van der Waals surface area contributed by atoms with Gasteiger partial charge in [-0.1, -0.05) is 47.5 Å². The van der Waals surface area contributed by atoms with Crippen LogP contribution in [0.15, 0.2) is 77.4 Å². The number of nitrogens with zero attached hydrogens (tertiary/aromatic N) is 2. The van der Waals surface area contributed by atoms with Crippen LogP contribution in [0.1, 0.15) is 46.8 Å². The van der Waals surface area contributed by atoms with Gasteiger partial charge in [-0.3, -0.25) is 4.79 Å². The summed E-state index contributed by atoms with van der Waals surface area (Å²) in [5.74, 6) is -2.12. The van der Waals surface area contributed by atoms with Crippen molar-refractivity contribution in [2.45, 2.75) is 25.3 Å². The van der Waals surface area contributed by atoms with E-state index in [4.69, 9.17) is 33.0 Å². The minimum atomic E-state index is -0.802. The third-order valence-electron chi connectivity index (χ3n) is 6.72. The van der Waals surface area contributed by atoms with Gasteiger partial charge in [0.15, 0.2) is 18.1 Å². The zero-order valence-corrected chi connectivity index (χ0v) is 21.7. The van der Waals surface area contributed by atoms with Crippen LogP contribution in [0.25, 0.3) is 6.08 Å². The molecule has 1 saturated carbocycles. The normalized spacial score (nSPS) is 19.7. The predicted molar refractivity (Wildman–Crippen MR) is 145 cm³/mol. The van der Waals surface area contributed by atoms with E-state index >= 15 is 0 Å². The molecule has 0 radical (unpaired) electrons. The number of fused-ring (bicyclic) bond motifs is 1. The molecule has 9 heteroatoms. The molecule has 0 aromatic heterocycles. The molecule has 0 spiro atoms. The molecule has 38 heavy (non-hydrogen) atoms. The zero-order valence-electron chi connectivity index (χ0n) is 20.2. The van der Waals surface area contributed by atoms with Crippen LogP contribution < -0.4 is 0 Å². The predicted octanol–water partition coefficient (Wildman–Crippen LogP) is 6.38. The van der Waals surface area contributed by atoms with Gasteiger partial charge < -0.3 is 14.9 Å². The number of aromatic hydroxyl groups is 2. The lowest BCUT2D eigenvalue weighted by atomic mass is 9.77. The van der Waals surface area contributed by atoms with E-state index in [-0.39, 0.29) is 23.3 Å². The number of ether oxygens (including phenoxy) is 1. The lowest BCUT2D eigenvalue weighted by Gasteiger charge is -2.29. The summed E-state index contributed by atoms with van der Waals surface area (Å²) < 4.78 is 5.25. The van der Waals surface area contributed by atoms with Crippen molar-refractivity contribution < 1.29 is 24.5 Å². The second-order valence-electron chi connectivity index (χ2n) is 9.22. The fourth-order valence-electron chi connectivity index (χ4n) is 4.89. The number of hydrogen-bond donors (Lipinski definition) is 2. The van der Waals surface area contributed by atoms with Crippen LogP contribution in [0.2, 0.25) is 10.0 Å². The summed E-state index contributed by atoms with van der Waals surface area (Å²) in [6.07, 6.45) is 4.69. The Labute approximate surface area is 229 Å². The Morgan fingerprint density at radius 2 is 1.66 bits per heavy atom. The molecule has 1 aliphatic heterocycles. The number of hydrazone groups is 1. The van der Waals surface area contributed by atoms with E-state index < -0.39 is 24.2 Å². The first-order valence-corrected chi connectivity index (χ1v) is 12.9. The number of rotatable bonds is 5. The van der Waals surface area contributed by atoms with Gasteiger partial charge >= 0.3 is 5.97 Å². The second kappa shape index (κ2) is 10.9. The molecule has 194 valence electrons. The first kappa shape index (κ1) is 25.8. The van der Waals surface area contributed by atoms with Crippen LogP contribution in [0.5, 0.6) is 11.5 Å². The van der Waals surface area contributed by atoms with E-state index in [2.05, 4.69) is 6.08 Å². The summed E-state index contributed by atoms with van der Waals surface area (Å²) >= 11 is 12.2. The number of esters is 1. The number of benzene rings is 3. The summed E-state index contributed by atoms with van der Waals surface area (Å²) in [7, 11) is 0. The van der Waals surface area contributed by atoms with Crippen LogP contribution in [0, 0.1) is 5.92 Å². The molecule has 5 rings (SSSR count). The molecule has 7 nitrogen and oxygen atoms in total. The maximum atomic E-state index is 13.4. The lowest BCUT2D eigenvalue weighted by Crippen LogP contribution is -2.34.